The van der Waals surface area contributed by atoms with Gasteiger partial charge < -0.3 is 0 Å². The maximum absolute atomic E-state index is 12.4. The molecule has 1 N–H and O–H groups in total. The highest BCUT2D eigenvalue weighted by atomic mass is 79.9. The Morgan fingerprint density at radius 3 is 2.48 bits per heavy atom. The van der Waals surface area contributed by atoms with Gasteiger partial charge in [0, 0.05) is 33.8 Å². The van der Waals surface area contributed by atoms with Crippen molar-refractivity contribution in [1.29, 1.82) is 0 Å². The Kier molecular flexibility index (Phi) is 4.92. The van der Waals surface area contributed by atoms with E-state index in [1.165, 1.54) is 0 Å². The molecule has 0 bridgehead atoms. The van der Waals surface area contributed by atoms with Crippen molar-refractivity contribution in [3.05, 3.63) is 44.1 Å². The summed E-state index contributed by atoms with van der Waals surface area (Å²) in [7, 11) is -1.78. The van der Waals surface area contributed by atoms with Crippen LogP contribution in [-0.4, -0.2) is 18.2 Å². The van der Waals surface area contributed by atoms with Gasteiger partial charge in [-0.25, -0.2) is 13.1 Å². The van der Waals surface area contributed by atoms with Crippen LogP contribution >= 0.6 is 31.9 Å². The maximum atomic E-state index is 12.4. The summed E-state index contributed by atoms with van der Waals surface area (Å²) >= 11 is 6.66. The van der Waals surface area contributed by atoms with Crippen molar-refractivity contribution in [3.63, 3.8) is 0 Å². The first-order valence-electron chi connectivity index (χ1n) is 6.15. The van der Waals surface area contributed by atoms with E-state index in [2.05, 4.69) is 41.7 Å². The summed E-state index contributed by atoms with van der Waals surface area (Å²) in [6, 6.07) is 3.37. The van der Waals surface area contributed by atoms with Crippen molar-refractivity contribution in [1.82, 2.24) is 14.5 Å². The van der Waals surface area contributed by atoms with E-state index < -0.39 is 10.0 Å². The SMILES string of the molecule is Cc1cc(Br)c(S(=O)(=O)NCc2cnn(C)c2C)cc1Br. The maximum Gasteiger partial charge on any atom is 0.242 e. The molecule has 0 atom stereocenters. The zero-order valence-electron chi connectivity index (χ0n) is 11.8. The highest BCUT2D eigenvalue weighted by Crippen LogP contribution is 2.28. The van der Waals surface area contributed by atoms with Crippen LogP contribution in [0.3, 0.4) is 0 Å². The van der Waals surface area contributed by atoms with Gasteiger partial charge >= 0.3 is 0 Å². The van der Waals surface area contributed by atoms with Crippen LogP contribution < -0.4 is 4.72 Å². The van der Waals surface area contributed by atoms with Gasteiger partial charge in [0.15, 0.2) is 0 Å². The minimum absolute atomic E-state index is 0.208. The number of aromatic nitrogens is 2. The molecule has 1 aromatic heterocycles. The van der Waals surface area contributed by atoms with E-state index in [0.717, 1.165) is 21.3 Å². The molecule has 0 aliphatic rings. The molecular formula is C13H15Br2N3O2S. The smallest absolute Gasteiger partial charge is 0.242 e. The lowest BCUT2D eigenvalue weighted by Crippen LogP contribution is -2.24. The lowest BCUT2D eigenvalue weighted by atomic mass is 10.2. The van der Waals surface area contributed by atoms with Gasteiger partial charge in [-0.15, -0.1) is 0 Å². The molecule has 0 aliphatic carbocycles. The van der Waals surface area contributed by atoms with Crippen LogP contribution in [0.15, 0.2) is 32.2 Å². The van der Waals surface area contributed by atoms with Gasteiger partial charge in [0.2, 0.25) is 10.0 Å². The van der Waals surface area contributed by atoms with Crippen molar-refractivity contribution < 1.29 is 8.42 Å². The number of benzene rings is 1. The second-order valence-electron chi connectivity index (χ2n) is 4.74. The van der Waals surface area contributed by atoms with E-state index in [-0.39, 0.29) is 11.4 Å². The molecule has 2 aromatic rings. The standard InChI is InChI=1S/C13H15Br2N3O2S/c1-8-4-12(15)13(5-11(8)14)21(19,20)17-7-10-6-16-18(3)9(10)2/h4-6,17H,7H2,1-3H3. The Bertz CT molecular complexity index is 785. The molecule has 1 aromatic carbocycles. The monoisotopic (exact) mass is 435 g/mol. The Hall–Kier alpha value is -0.700. The third-order valence-electron chi connectivity index (χ3n) is 3.29. The first kappa shape index (κ1) is 16.7. The summed E-state index contributed by atoms with van der Waals surface area (Å²) < 4.78 is 30.4. The number of hydrogen-bond donors (Lipinski definition) is 1. The molecule has 21 heavy (non-hydrogen) atoms. The molecule has 0 radical (unpaired) electrons. The number of halogens is 2. The lowest BCUT2D eigenvalue weighted by molar-refractivity contribution is 0.580. The first-order chi connectivity index (χ1) is 9.72. The van der Waals surface area contributed by atoms with Gasteiger partial charge in [0.1, 0.15) is 0 Å². The van der Waals surface area contributed by atoms with Crippen LogP contribution in [0.2, 0.25) is 0 Å². The van der Waals surface area contributed by atoms with Crippen LogP contribution in [0.4, 0.5) is 0 Å². The predicted molar refractivity (Wildman–Crippen MR) is 88.5 cm³/mol. The van der Waals surface area contributed by atoms with E-state index in [0.29, 0.717) is 4.47 Å². The van der Waals surface area contributed by atoms with Crippen molar-refractivity contribution in [2.45, 2.75) is 25.3 Å². The number of sulfonamides is 1. The first-order valence-corrected chi connectivity index (χ1v) is 9.22. The average molecular weight is 437 g/mol. The zero-order chi connectivity index (χ0) is 15.8. The molecule has 0 spiro atoms. The van der Waals surface area contributed by atoms with E-state index in [9.17, 15) is 8.42 Å². The van der Waals surface area contributed by atoms with Gasteiger partial charge in [-0.1, -0.05) is 15.9 Å². The van der Waals surface area contributed by atoms with Crippen LogP contribution in [-0.2, 0) is 23.6 Å². The Morgan fingerprint density at radius 2 is 1.90 bits per heavy atom. The summed E-state index contributed by atoms with van der Waals surface area (Å²) in [6.45, 7) is 4.01. The van der Waals surface area contributed by atoms with Gasteiger partial charge in [0.05, 0.1) is 11.1 Å². The fraction of sp³-hybridized carbons (Fsp3) is 0.308. The number of aryl methyl sites for hydroxylation is 2. The molecule has 0 aliphatic heterocycles. The van der Waals surface area contributed by atoms with Crippen molar-refractivity contribution in [2.75, 3.05) is 0 Å². The fourth-order valence-corrected chi connectivity index (χ4v) is 4.48. The summed E-state index contributed by atoms with van der Waals surface area (Å²) in [5.41, 5.74) is 2.74. The lowest BCUT2D eigenvalue weighted by Gasteiger charge is -2.10. The zero-order valence-corrected chi connectivity index (χ0v) is 15.8. The van der Waals surface area contributed by atoms with Crippen LogP contribution in [0.25, 0.3) is 0 Å². The summed E-state index contributed by atoms with van der Waals surface area (Å²) in [5.74, 6) is 0. The van der Waals surface area contributed by atoms with Gasteiger partial charge in [0.25, 0.3) is 0 Å². The molecule has 0 unspecified atom stereocenters. The Labute approximate surface area is 141 Å². The Morgan fingerprint density at radius 1 is 1.24 bits per heavy atom. The largest absolute Gasteiger partial charge is 0.273 e. The highest BCUT2D eigenvalue weighted by molar-refractivity contribution is 9.11. The second-order valence-corrected chi connectivity index (χ2v) is 8.18. The van der Waals surface area contributed by atoms with Crippen LogP contribution in [0.5, 0.6) is 0 Å². The van der Waals surface area contributed by atoms with Gasteiger partial charge in [-0.05, 0) is 47.5 Å². The Balaban J connectivity index is 2.27. The molecule has 0 amide bonds. The number of nitrogens with one attached hydrogen (secondary N) is 1. The molecule has 0 saturated heterocycles. The quantitative estimate of drug-likeness (QED) is 0.800. The van der Waals surface area contributed by atoms with Crippen molar-refractivity contribution in [3.8, 4) is 0 Å². The second kappa shape index (κ2) is 6.20. The fourth-order valence-electron chi connectivity index (χ4n) is 1.80. The topological polar surface area (TPSA) is 64.0 Å². The molecule has 8 heteroatoms. The van der Waals surface area contributed by atoms with Gasteiger partial charge in [-0.2, -0.15) is 5.10 Å². The predicted octanol–water partition coefficient (Wildman–Crippen LogP) is 3.04. The third kappa shape index (κ3) is 3.56. The minimum atomic E-state index is -3.60. The molecule has 114 valence electrons. The number of nitrogens with zero attached hydrogens (tertiary/aromatic N) is 2. The van der Waals surface area contributed by atoms with E-state index >= 15 is 0 Å². The molecule has 2 rings (SSSR count). The molecule has 0 fully saturated rings. The highest BCUT2D eigenvalue weighted by Gasteiger charge is 2.19. The summed E-state index contributed by atoms with van der Waals surface area (Å²) in [4.78, 5) is 0.210. The van der Waals surface area contributed by atoms with Crippen molar-refractivity contribution in [2.24, 2.45) is 7.05 Å². The third-order valence-corrected chi connectivity index (χ3v) is 6.51. The van der Waals surface area contributed by atoms with Crippen LogP contribution in [0.1, 0.15) is 16.8 Å². The minimum Gasteiger partial charge on any atom is -0.273 e. The summed E-state index contributed by atoms with van der Waals surface area (Å²) in [5, 5.41) is 4.10. The van der Waals surface area contributed by atoms with E-state index in [4.69, 9.17) is 0 Å². The van der Waals surface area contributed by atoms with Gasteiger partial charge in [-0.3, -0.25) is 4.68 Å². The normalized spacial score (nSPS) is 11.9. The summed E-state index contributed by atoms with van der Waals surface area (Å²) in [6.07, 6.45) is 1.66. The van der Waals surface area contributed by atoms with Crippen LogP contribution in [0, 0.1) is 13.8 Å². The average Bonchev–Trinajstić information content (AvgIpc) is 2.72. The molecular weight excluding hydrogens is 422 g/mol. The number of rotatable bonds is 4. The number of hydrogen-bond acceptors (Lipinski definition) is 3. The molecule has 0 saturated carbocycles. The van der Waals surface area contributed by atoms with E-state index in [1.807, 2.05) is 20.9 Å². The molecule has 1 heterocycles. The van der Waals surface area contributed by atoms with E-state index in [1.54, 1.807) is 23.0 Å². The molecule has 5 nitrogen and oxygen atoms in total. The van der Waals surface area contributed by atoms with Crippen molar-refractivity contribution >= 4 is 41.9 Å².